The van der Waals surface area contributed by atoms with E-state index in [0.29, 0.717) is 23.8 Å². The molecular weight excluding hydrogens is 274 g/mol. The van der Waals surface area contributed by atoms with E-state index >= 15 is 0 Å². The Morgan fingerprint density at radius 3 is 2.33 bits per heavy atom. The van der Waals surface area contributed by atoms with Crippen LogP contribution in [0.15, 0.2) is 42.5 Å². The minimum absolute atomic E-state index is 0.312. The summed E-state index contributed by atoms with van der Waals surface area (Å²) in [5.74, 6) is -0.955. The largest absolute Gasteiger partial charge is 0.326 e. The molecule has 0 aliphatic rings. The van der Waals surface area contributed by atoms with Gasteiger partial charge in [0, 0.05) is 17.7 Å². The molecule has 6 heteroatoms. The van der Waals surface area contributed by atoms with Crippen LogP contribution in [-0.2, 0) is 6.54 Å². The van der Waals surface area contributed by atoms with Crippen molar-refractivity contribution >= 4 is 0 Å². The maximum atomic E-state index is 13.2. The van der Waals surface area contributed by atoms with Crippen LogP contribution >= 0.6 is 0 Å². The summed E-state index contributed by atoms with van der Waals surface area (Å²) >= 11 is 0. The Labute approximate surface area is 119 Å². The number of halogens is 2. The van der Waals surface area contributed by atoms with E-state index in [2.05, 4.69) is 15.2 Å². The second kappa shape index (κ2) is 5.41. The van der Waals surface area contributed by atoms with Gasteiger partial charge >= 0.3 is 0 Å². The molecule has 106 valence electrons. The zero-order valence-corrected chi connectivity index (χ0v) is 11.0. The highest BCUT2D eigenvalue weighted by Crippen LogP contribution is 2.21. The molecule has 3 rings (SSSR count). The second-order valence-electron chi connectivity index (χ2n) is 4.54. The van der Waals surface area contributed by atoms with Gasteiger partial charge in [0.15, 0.2) is 23.3 Å². The summed E-state index contributed by atoms with van der Waals surface area (Å²) in [4.78, 5) is 4.29. The summed E-state index contributed by atoms with van der Waals surface area (Å²) in [6.07, 6.45) is 0. The first kappa shape index (κ1) is 13.4. The average molecular weight is 286 g/mol. The van der Waals surface area contributed by atoms with Crippen molar-refractivity contribution in [2.24, 2.45) is 5.73 Å². The van der Waals surface area contributed by atoms with Gasteiger partial charge in [0.2, 0.25) is 0 Å². The van der Waals surface area contributed by atoms with Gasteiger partial charge in [-0.25, -0.2) is 13.8 Å². The van der Waals surface area contributed by atoms with Crippen LogP contribution in [0.2, 0.25) is 0 Å². The van der Waals surface area contributed by atoms with E-state index in [1.54, 1.807) is 0 Å². The molecule has 0 aliphatic heterocycles. The van der Waals surface area contributed by atoms with Gasteiger partial charge in [0.1, 0.15) is 0 Å². The van der Waals surface area contributed by atoms with Gasteiger partial charge in [-0.1, -0.05) is 24.3 Å². The van der Waals surface area contributed by atoms with Gasteiger partial charge in [-0.2, -0.15) is 5.10 Å². The van der Waals surface area contributed by atoms with E-state index in [9.17, 15) is 8.78 Å². The van der Waals surface area contributed by atoms with Gasteiger partial charge in [-0.15, -0.1) is 0 Å². The molecule has 1 heterocycles. The Balaban J connectivity index is 1.93. The van der Waals surface area contributed by atoms with Crippen LogP contribution in [-0.4, -0.2) is 15.2 Å². The third-order valence-corrected chi connectivity index (χ3v) is 3.13. The van der Waals surface area contributed by atoms with E-state index in [4.69, 9.17) is 5.73 Å². The molecule has 0 spiro atoms. The Kier molecular flexibility index (Phi) is 3.45. The standard InChI is InChI=1S/C15H12F2N4/c16-12-6-5-11(7-13(12)17)15-19-14(20-21-15)10-3-1-9(8-18)2-4-10/h1-7H,8,18H2,(H,19,20,21). The van der Waals surface area contributed by atoms with Crippen LogP contribution in [0.25, 0.3) is 22.8 Å². The van der Waals surface area contributed by atoms with Crippen molar-refractivity contribution in [3.8, 4) is 22.8 Å². The molecule has 0 atom stereocenters. The van der Waals surface area contributed by atoms with Crippen molar-refractivity contribution in [2.75, 3.05) is 0 Å². The number of nitrogens with one attached hydrogen (secondary N) is 1. The summed E-state index contributed by atoms with van der Waals surface area (Å²) in [6.45, 7) is 0.469. The van der Waals surface area contributed by atoms with Crippen LogP contribution in [0.1, 0.15) is 5.56 Å². The first-order chi connectivity index (χ1) is 10.2. The molecule has 3 N–H and O–H groups in total. The van der Waals surface area contributed by atoms with Crippen LogP contribution in [0.4, 0.5) is 8.78 Å². The predicted octanol–water partition coefficient (Wildman–Crippen LogP) is 2.88. The lowest BCUT2D eigenvalue weighted by Crippen LogP contribution is -1.95. The fourth-order valence-corrected chi connectivity index (χ4v) is 1.95. The Morgan fingerprint density at radius 2 is 1.67 bits per heavy atom. The van der Waals surface area contributed by atoms with E-state index in [0.717, 1.165) is 23.3 Å². The lowest BCUT2D eigenvalue weighted by atomic mass is 10.1. The maximum absolute atomic E-state index is 13.2. The summed E-state index contributed by atoms with van der Waals surface area (Å²) in [5, 5.41) is 6.81. The summed E-state index contributed by atoms with van der Waals surface area (Å²) in [6, 6.07) is 11.1. The third kappa shape index (κ3) is 2.66. The van der Waals surface area contributed by atoms with Crippen LogP contribution in [0.3, 0.4) is 0 Å². The number of benzene rings is 2. The number of aromatic amines is 1. The molecule has 0 aliphatic carbocycles. The van der Waals surface area contributed by atoms with Gasteiger partial charge in [-0.05, 0) is 23.8 Å². The molecule has 3 aromatic rings. The quantitative estimate of drug-likeness (QED) is 0.778. The fourth-order valence-electron chi connectivity index (χ4n) is 1.95. The molecule has 0 fully saturated rings. The number of nitrogens with zero attached hydrogens (tertiary/aromatic N) is 2. The molecule has 2 aromatic carbocycles. The molecule has 4 nitrogen and oxygen atoms in total. The Hall–Kier alpha value is -2.60. The van der Waals surface area contributed by atoms with Gasteiger partial charge in [-0.3, -0.25) is 5.10 Å². The number of aromatic nitrogens is 3. The molecule has 21 heavy (non-hydrogen) atoms. The molecule has 0 saturated carbocycles. The van der Waals surface area contributed by atoms with E-state index in [1.165, 1.54) is 6.07 Å². The molecule has 0 unspecified atom stereocenters. The van der Waals surface area contributed by atoms with Gasteiger partial charge in [0.25, 0.3) is 0 Å². The van der Waals surface area contributed by atoms with Crippen LogP contribution < -0.4 is 5.73 Å². The Morgan fingerprint density at radius 1 is 0.952 bits per heavy atom. The van der Waals surface area contributed by atoms with Crippen LogP contribution in [0, 0.1) is 11.6 Å². The number of rotatable bonds is 3. The van der Waals surface area contributed by atoms with Crippen LogP contribution in [0.5, 0.6) is 0 Å². The maximum Gasteiger partial charge on any atom is 0.181 e. The number of H-pyrrole nitrogens is 1. The summed E-state index contributed by atoms with van der Waals surface area (Å²) in [7, 11) is 0. The molecule has 0 radical (unpaired) electrons. The second-order valence-corrected chi connectivity index (χ2v) is 4.54. The van der Waals surface area contributed by atoms with E-state index < -0.39 is 11.6 Å². The molecule has 0 bridgehead atoms. The normalized spacial score (nSPS) is 10.8. The van der Waals surface area contributed by atoms with Crippen molar-refractivity contribution in [3.63, 3.8) is 0 Å². The summed E-state index contributed by atoms with van der Waals surface area (Å²) < 4.78 is 26.1. The average Bonchev–Trinajstić information content (AvgIpc) is 3.00. The number of hydrogen-bond acceptors (Lipinski definition) is 3. The minimum Gasteiger partial charge on any atom is -0.326 e. The lowest BCUT2D eigenvalue weighted by Gasteiger charge is -1.98. The smallest absolute Gasteiger partial charge is 0.181 e. The monoisotopic (exact) mass is 286 g/mol. The van der Waals surface area contributed by atoms with Crippen molar-refractivity contribution < 1.29 is 8.78 Å². The molecule has 0 amide bonds. The molecule has 1 aromatic heterocycles. The predicted molar refractivity (Wildman–Crippen MR) is 75.1 cm³/mol. The Bertz CT molecular complexity index is 766. The van der Waals surface area contributed by atoms with Crippen molar-refractivity contribution in [2.45, 2.75) is 6.54 Å². The van der Waals surface area contributed by atoms with E-state index in [-0.39, 0.29) is 0 Å². The zero-order chi connectivity index (χ0) is 14.8. The molecular formula is C15H12F2N4. The van der Waals surface area contributed by atoms with E-state index in [1.807, 2.05) is 24.3 Å². The highest BCUT2D eigenvalue weighted by molar-refractivity contribution is 5.61. The first-order valence-electron chi connectivity index (χ1n) is 6.34. The van der Waals surface area contributed by atoms with Crippen molar-refractivity contribution in [1.29, 1.82) is 0 Å². The van der Waals surface area contributed by atoms with Crippen molar-refractivity contribution in [1.82, 2.24) is 15.2 Å². The van der Waals surface area contributed by atoms with Gasteiger partial charge < -0.3 is 5.73 Å². The SMILES string of the molecule is NCc1ccc(-c2nc(-c3ccc(F)c(F)c3)n[nH]2)cc1. The number of hydrogen-bond donors (Lipinski definition) is 2. The van der Waals surface area contributed by atoms with Gasteiger partial charge in [0.05, 0.1) is 0 Å². The minimum atomic E-state index is -0.925. The lowest BCUT2D eigenvalue weighted by molar-refractivity contribution is 0.509. The zero-order valence-electron chi connectivity index (χ0n) is 11.0. The third-order valence-electron chi connectivity index (χ3n) is 3.13. The highest BCUT2D eigenvalue weighted by Gasteiger charge is 2.10. The topological polar surface area (TPSA) is 67.6 Å². The summed E-state index contributed by atoms with van der Waals surface area (Å²) in [5.41, 5.74) is 7.81. The number of nitrogens with two attached hydrogens (primary N) is 1. The first-order valence-corrected chi connectivity index (χ1v) is 6.34. The molecule has 0 saturated heterocycles. The highest BCUT2D eigenvalue weighted by atomic mass is 19.2. The van der Waals surface area contributed by atoms with Crippen molar-refractivity contribution in [3.05, 3.63) is 59.7 Å². The fraction of sp³-hybridized carbons (Fsp3) is 0.0667.